The largest absolute Gasteiger partial charge is 0.354 e. The van der Waals surface area contributed by atoms with Gasteiger partial charge in [-0.25, -0.2) is 8.42 Å². The van der Waals surface area contributed by atoms with Crippen molar-refractivity contribution in [3.8, 4) is 0 Å². The van der Waals surface area contributed by atoms with Crippen LogP contribution in [0.15, 0.2) is 108 Å². The Balaban J connectivity index is 1.80. The van der Waals surface area contributed by atoms with E-state index in [1.165, 1.54) is 35.2 Å². The number of benzene rings is 4. The number of anilines is 1. The number of carbonyl (C=O) groups is 2. The molecule has 0 aliphatic rings. The first kappa shape index (κ1) is 33.1. The Morgan fingerprint density at radius 1 is 0.818 bits per heavy atom. The molecule has 4 aromatic rings. The minimum atomic E-state index is -4.24. The van der Waals surface area contributed by atoms with Crippen LogP contribution >= 0.6 is 23.2 Å². The zero-order valence-corrected chi connectivity index (χ0v) is 26.9. The lowest BCUT2D eigenvalue weighted by molar-refractivity contribution is -0.140. The van der Waals surface area contributed by atoms with E-state index in [0.29, 0.717) is 6.54 Å². The van der Waals surface area contributed by atoms with E-state index in [-0.39, 0.29) is 39.5 Å². The van der Waals surface area contributed by atoms with E-state index >= 15 is 0 Å². The SMILES string of the molecule is CCCNC(=O)[C@H](Cc1ccccc1)N(Cc1ccccc1)C(=O)CN(c1ccc(Cl)c(Cl)c1)S(=O)(=O)c1ccc(C)cc1. The van der Waals surface area contributed by atoms with Crippen molar-refractivity contribution in [1.29, 1.82) is 0 Å². The first-order valence-corrected chi connectivity index (χ1v) is 16.5. The third kappa shape index (κ3) is 8.40. The van der Waals surface area contributed by atoms with E-state index in [1.54, 1.807) is 12.1 Å². The van der Waals surface area contributed by atoms with Crippen LogP contribution in [0.25, 0.3) is 0 Å². The molecule has 0 aliphatic heterocycles. The molecular formula is C34H35Cl2N3O4S. The molecule has 4 aromatic carbocycles. The lowest BCUT2D eigenvalue weighted by atomic mass is 10.0. The number of sulfonamides is 1. The smallest absolute Gasteiger partial charge is 0.264 e. The number of halogens is 2. The average molecular weight is 653 g/mol. The summed E-state index contributed by atoms with van der Waals surface area (Å²) in [5, 5.41) is 3.32. The van der Waals surface area contributed by atoms with E-state index in [9.17, 15) is 18.0 Å². The van der Waals surface area contributed by atoms with Crippen molar-refractivity contribution in [2.75, 3.05) is 17.4 Å². The van der Waals surface area contributed by atoms with E-state index in [4.69, 9.17) is 23.2 Å². The van der Waals surface area contributed by atoms with Crippen LogP contribution in [0.1, 0.15) is 30.0 Å². The molecule has 0 radical (unpaired) electrons. The maximum absolute atomic E-state index is 14.4. The number of hydrogen-bond acceptors (Lipinski definition) is 4. The predicted octanol–water partition coefficient (Wildman–Crippen LogP) is 6.66. The van der Waals surface area contributed by atoms with Gasteiger partial charge < -0.3 is 10.2 Å². The molecule has 0 aliphatic carbocycles. The average Bonchev–Trinajstić information content (AvgIpc) is 3.02. The van der Waals surface area contributed by atoms with E-state index in [0.717, 1.165) is 27.4 Å². The van der Waals surface area contributed by atoms with Gasteiger partial charge in [0.1, 0.15) is 12.6 Å². The summed E-state index contributed by atoms with van der Waals surface area (Å²) in [5.41, 5.74) is 2.72. The van der Waals surface area contributed by atoms with Crippen LogP contribution in [-0.2, 0) is 32.6 Å². The number of rotatable bonds is 13. The summed E-state index contributed by atoms with van der Waals surface area (Å²) in [6.45, 7) is 3.76. The number of nitrogens with one attached hydrogen (secondary N) is 1. The van der Waals surface area contributed by atoms with E-state index in [2.05, 4.69) is 5.32 Å². The lowest BCUT2D eigenvalue weighted by Crippen LogP contribution is -2.53. The van der Waals surface area contributed by atoms with Crippen LogP contribution in [0, 0.1) is 6.92 Å². The first-order valence-electron chi connectivity index (χ1n) is 14.3. The van der Waals surface area contributed by atoms with E-state index < -0.39 is 28.5 Å². The van der Waals surface area contributed by atoms with Gasteiger partial charge in [-0.15, -0.1) is 0 Å². The molecule has 0 aromatic heterocycles. The summed E-state index contributed by atoms with van der Waals surface area (Å²) in [7, 11) is -4.24. The minimum Gasteiger partial charge on any atom is -0.354 e. The molecule has 4 rings (SSSR count). The zero-order chi connectivity index (χ0) is 31.7. The maximum atomic E-state index is 14.4. The summed E-state index contributed by atoms with van der Waals surface area (Å²) in [6.07, 6.45) is 0.961. The highest BCUT2D eigenvalue weighted by Gasteiger charge is 2.34. The van der Waals surface area contributed by atoms with Crippen LogP contribution in [0.3, 0.4) is 0 Å². The number of aryl methyl sites for hydroxylation is 1. The standard InChI is InChI=1S/C34H35Cl2N3O4S/c1-3-20-37-34(41)32(21-26-10-6-4-7-11-26)38(23-27-12-8-5-9-13-27)33(40)24-39(28-16-19-30(35)31(36)22-28)44(42,43)29-17-14-25(2)15-18-29/h4-19,22,32H,3,20-21,23-24H2,1-2H3,(H,37,41)/t32-/m0/s1. The predicted molar refractivity (Wildman–Crippen MR) is 176 cm³/mol. The molecule has 0 heterocycles. The highest BCUT2D eigenvalue weighted by Crippen LogP contribution is 2.31. The second-order valence-electron chi connectivity index (χ2n) is 10.4. The van der Waals surface area contributed by atoms with Crippen LogP contribution in [-0.4, -0.2) is 44.3 Å². The van der Waals surface area contributed by atoms with Gasteiger partial charge in [-0.3, -0.25) is 13.9 Å². The quantitative estimate of drug-likeness (QED) is 0.175. The first-order chi connectivity index (χ1) is 21.1. The normalized spacial score (nSPS) is 11.9. The third-order valence-corrected chi connectivity index (χ3v) is 9.62. The van der Waals surface area contributed by atoms with Crippen LogP contribution in [0.2, 0.25) is 10.0 Å². The van der Waals surface area contributed by atoms with Gasteiger partial charge >= 0.3 is 0 Å². The Morgan fingerprint density at radius 3 is 2.02 bits per heavy atom. The van der Waals surface area contributed by atoms with Crippen LogP contribution < -0.4 is 9.62 Å². The minimum absolute atomic E-state index is 0.0121. The molecule has 7 nitrogen and oxygen atoms in total. The molecule has 44 heavy (non-hydrogen) atoms. The molecule has 0 saturated carbocycles. The number of amides is 2. The molecule has 0 saturated heterocycles. The van der Waals surface area contributed by atoms with Crippen LogP contribution in [0.4, 0.5) is 5.69 Å². The van der Waals surface area contributed by atoms with Gasteiger partial charge in [0, 0.05) is 19.5 Å². The molecular weight excluding hydrogens is 617 g/mol. The summed E-state index contributed by atoms with van der Waals surface area (Å²) < 4.78 is 29.2. The molecule has 1 atom stereocenters. The van der Waals surface area contributed by atoms with Crippen molar-refractivity contribution in [2.24, 2.45) is 0 Å². The van der Waals surface area contributed by atoms with Gasteiger partial charge in [-0.2, -0.15) is 0 Å². The molecule has 230 valence electrons. The van der Waals surface area contributed by atoms with Gasteiger partial charge in [0.2, 0.25) is 11.8 Å². The fourth-order valence-corrected chi connectivity index (χ4v) is 6.40. The molecule has 10 heteroatoms. The van der Waals surface area contributed by atoms with Gasteiger partial charge in [0.15, 0.2) is 0 Å². The Bertz CT molecular complexity index is 1670. The van der Waals surface area contributed by atoms with Crippen molar-refractivity contribution >= 4 is 50.7 Å². The summed E-state index contributed by atoms with van der Waals surface area (Å²) in [4.78, 5) is 29.5. The second-order valence-corrected chi connectivity index (χ2v) is 13.1. The van der Waals surface area contributed by atoms with Crippen molar-refractivity contribution in [1.82, 2.24) is 10.2 Å². The van der Waals surface area contributed by atoms with E-state index in [1.807, 2.05) is 74.5 Å². The van der Waals surface area contributed by atoms with Crippen molar-refractivity contribution in [3.05, 3.63) is 130 Å². The Hall–Kier alpha value is -3.85. The van der Waals surface area contributed by atoms with Crippen molar-refractivity contribution in [2.45, 2.75) is 44.2 Å². The Labute approximate surface area is 269 Å². The highest BCUT2D eigenvalue weighted by molar-refractivity contribution is 7.92. The molecule has 2 amide bonds. The number of carbonyl (C=O) groups excluding carboxylic acids is 2. The summed E-state index contributed by atoms with van der Waals surface area (Å²) in [6, 6.07) is 28.6. The van der Waals surface area contributed by atoms with Gasteiger partial charge in [0.25, 0.3) is 10.0 Å². The molecule has 0 fully saturated rings. The molecule has 0 spiro atoms. The molecule has 0 bridgehead atoms. The molecule has 1 N–H and O–H groups in total. The topological polar surface area (TPSA) is 86.8 Å². The summed E-state index contributed by atoms with van der Waals surface area (Å²) >= 11 is 12.5. The van der Waals surface area contributed by atoms with Crippen LogP contribution in [0.5, 0.6) is 0 Å². The van der Waals surface area contributed by atoms with Gasteiger partial charge in [0.05, 0.1) is 20.6 Å². The van der Waals surface area contributed by atoms with Crippen molar-refractivity contribution < 1.29 is 18.0 Å². The lowest BCUT2D eigenvalue weighted by Gasteiger charge is -2.34. The fraction of sp³-hybridized carbons (Fsp3) is 0.235. The number of nitrogens with zero attached hydrogens (tertiary/aromatic N) is 2. The third-order valence-electron chi connectivity index (χ3n) is 7.10. The number of hydrogen-bond donors (Lipinski definition) is 1. The Morgan fingerprint density at radius 2 is 1.43 bits per heavy atom. The monoisotopic (exact) mass is 651 g/mol. The van der Waals surface area contributed by atoms with Gasteiger partial charge in [-0.1, -0.05) is 108 Å². The zero-order valence-electron chi connectivity index (χ0n) is 24.6. The fourth-order valence-electron chi connectivity index (χ4n) is 4.71. The second kappa shape index (κ2) is 15.2. The maximum Gasteiger partial charge on any atom is 0.264 e. The summed E-state index contributed by atoms with van der Waals surface area (Å²) in [5.74, 6) is -0.870. The highest BCUT2D eigenvalue weighted by atomic mass is 35.5. The van der Waals surface area contributed by atoms with Gasteiger partial charge in [-0.05, 0) is 54.8 Å². The Kier molecular flexibility index (Phi) is 11.4. The van der Waals surface area contributed by atoms with Crippen molar-refractivity contribution in [3.63, 3.8) is 0 Å². The molecule has 0 unspecified atom stereocenters.